The Kier molecular flexibility index (Phi) is 10.7. The van der Waals surface area contributed by atoms with Gasteiger partial charge >= 0.3 is 5.97 Å². The molecule has 0 amide bonds. The maximum Gasteiger partial charge on any atom is 0.330 e. The van der Waals surface area contributed by atoms with Crippen molar-refractivity contribution in [1.29, 1.82) is 0 Å². The zero-order chi connectivity index (χ0) is 37.3. The molecule has 6 rings (SSSR count). The number of phenols is 5. The van der Waals surface area contributed by atoms with Crippen molar-refractivity contribution in [1.82, 2.24) is 0 Å². The molecule has 2 saturated heterocycles. The minimum atomic E-state index is -1.89. The minimum Gasteiger partial charge on any atom is -0.508 e. The van der Waals surface area contributed by atoms with Gasteiger partial charge in [0.15, 0.2) is 30.0 Å². The van der Waals surface area contributed by atoms with Gasteiger partial charge in [-0.25, -0.2) is 4.79 Å². The lowest BCUT2D eigenvalue weighted by Crippen LogP contribution is -2.61. The lowest BCUT2D eigenvalue weighted by molar-refractivity contribution is -0.332. The predicted octanol–water partition coefficient (Wildman–Crippen LogP) is 0.233. The van der Waals surface area contributed by atoms with Crippen LogP contribution in [0.1, 0.15) is 22.8 Å². The number of aliphatic hydroxyl groups excluding tert-OH is 5. The van der Waals surface area contributed by atoms with Crippen LogP contribution in [-0.4, -0.2) is 126 Å². The zero-order valence-electron chi connectivity index (χ0n) is 26.9. The summed E-state index contributed by atoms with van der Waals surface area (Å²) in [7, 11) is 0. The molecule has 17 heteroatoms. The second kappa shape index (κ2) is 15.2. The van der Waals surface area contributed by atoms with Gasteiger partial charge in [-0.15, -0.1) is 0 Å². The van der Waals surface area contributed by atoms with Crippen molar-refractivity contribution in [3.05, 3.63) is 83.1 Å². The van der Waals surface area contributed by atoms with Crippen LogP contribution in [0.25, 0.3) is 12.2 Å². The van der Waals surface area contributed by atoms with Crippen molar-refractivity contribution in [2.45, 2.75) is 61.4 Å². The highest BCUT2D eigenvalue weighted by Gasteiger charge is 2.52. The Morgan fingerprint density at radius 3 is 2.15 bits per heavy atom. The molecule has 0 radical (unpaired) electrons. The summed E-state index contributed by atoms with van der Waals surface area (Å²) in [6.07, 6.45) is -12.3. The first kappa shape index (κ1) is 36.7. The van der Waals surface area contributed by atoms with Gasteiger partial charge in [0.1, 0.15) is 72.0 Å². The van der Waals surface area contributed by atoms with E-state index < -0.39 is 97.8 Å². The first-order valence-electron chi connectivity index (χ1n) is 15.9. The van der Waals surface area contributed by atoms with Crippen LogP contribution in [0.5, 0.6) is 34.5 Å². The Balaban J connectivity index is 1.30. The Hall–Kier alpha value is -5.11. The van der Waals surface area contributed by atoms with E-state index in [4.69, 9.17) is 28.4 Å². The lowest BCUT2D eigenvalue weighted by Gasteiger charge is -2.43. The Bertz CT molecular complexity index is 1810. The maximum absolute atomic E-state index is 12.5. The number of rotatable bonds is 10. The van der Waals surface area contributed by atoms with Crippen LogP contribution in [0, 0.1) is 0 Å². The highest BCUT2D eigenvalue weighted by molar-refractivity contribution is 5.87. The number of fused-ring (bicyclic) bond motifs is 1. The molecule has 10 N–H and O–H groups in total. The molecule has 0 saturated carbocycles. The van der Waals surface area contributed by atoms with Crippen molar-refractivity contribution < 1.29 is 84.3 Å². The van der Waals surface area contributed by atoms with E-state index in [1.165, 1.54) is 42.5 Å². The summed E-state index contributed by atoms with van der Waals surface area (Å²) in [4.78, 5) is 12.5. The Morgan fingerprint density at radius 2 is 1.46 bits per heavy atom. The number of phenolic OH excluding ortho intramolecular Hbond substituents is 5. The van der Waals surface area contributed by atoms with Gasteiger partial charge in [-0.1, -0.05) is 18.2 Å². The van der Waals surface area contributed by atoms with E-state index in [0.29, 0.717) is 5.56 Å². The van der Waals surface area contributed by atoms with Crippen molar-refractivity contribution >= 4 is 18.1 Å². The highest BCUT2D eigenvalue weighted by Crippen LogP contribution is 2.45. The smallest absolute Gasteiger partial charge is 0.330 e. The molecule has 3 aliphatic rings. The van der Waals surface area contributed by atoms with Crippen LogP contribution >= 0.6 is 0 Å². The third-order valence-corrected chi connectivity index (χ3v) is 8.58. The van der Waals surface area contributed by atoms with Crippen molar-refractivity contribution in [2.75, 3.05) is 13.2 Å². The van der Waals surface area contributed by atoms with E-state index in [1.807, 2.05) is 0 Å². The third kappa shape index (κ3) is 7.71. The number of carbonyl (C=O) groups is 1. The normalized spacial score (nSPS) is 30.0. The summed E-state index contributed by atoms with van der Waals surface area (Å²) in [5, 5.41) is 103. The average molecular weight is 729 g/mol. The van der Waals surface area contributed by atoms with Gasteiger partial charge in [0, 0.05) is 23.8 Å². The van der Waals surface area contributed by atoms with Crippen molar-refractivity contribution in [3.8, 4) is 34.5 Å². The van der Waals surface area contributed by atoms with Gasteiger partial charge in [0.2, 0.25) is 6.29 Å². The number of hydrogen-bond donors (Lipinski definition) is 10. The van der Waals surface area contributed by atoms with E-state index in [1.54, 1.807) is 12.1 Å². The molecule has 278 valence electrons. The molecule has 2 fully saturated rings. The monoisotopic (exact) mass is 728 g/mol. The fourth-order valence-electron chi connectivity index (χ4n) is 5.79. The van der Waals surface area contributed by atoms with Crippen LogP contribution in [0.3, 0.4) is 0 Å². The van der Waals surface area contributed by atoms with Gasteiger partial charge in [-0.05, 0) is 42.0 Å². The molecular formula is C35H36O17. The molecule has 1 unspecified atom stereocenters. The van der Waals surface area contributed by atoms with E-state index >= 15 is 0 Å². The molecule has 3 aliphatic heterocycles. The number of ether oxygens (including phenoxy) is 6. The van der Waals surface area contributed by atoms with Crippen LogP contribution in [0.2, 0.25) is 0 Å². The fraction of sp³-hybridized carbons (Fsp3) is 0.343. The molecule has 0 bridgehead atoms. The maximum atomic E-state index is 12.5. The van der Waals surface area contributed by atoms with Crippen LogP contribution in [0.15, 0.2) is 66.4 Å². The lowest BCUT2D eigenvalue weighted by atomic mass is 9.98. The molecule has 3 aromatic rings. The SMILES string of the molecule is O=C(/C=C/c1ccc(O)cc1)OC[C@H]1O[C@@H](OC2=Cc3c(O)cc(O)cc3OC2c2ccc(O)c(O)c2)[C@H](O[C@@H]2O[C@H](CO)[C@H](O)[C@H]2O)[C@@H](O)[C@@H]1O. The summed E-state index contributed by atoms with van der Waals surface area (Å²) in [5.41, 5.74) is 0.799. The number of hydrogen-bond acceptors (Lipinski definition) is 17. The van der Waals surface area contributed by atoms with E-state index in [2.05, 4.69) is 0 Å². The van der Waals surface area contributed by atoms with Gasteiger partial charge in [0.25, 0.3) is 0 Å². The zero-order valence-corrected chi connectivity index (χ0v) is 26.9. The Labute approximate surface area is 294 Å². The van der Waals surface area contributed by atoms with Gasteiger partial charge in [-0.3, -0.25) is 0 Å². The number of carbonyl (C=O) groups excluding carboxylic acids is 1. The molecule has 0 spiro atoms. The molecule has 3 aromatic carbocycles. The average Bonchev–Trinajstić information content (AvgIpc) is 3.39. The third-order valence-electron chi connectivity index (χ3n) is 8.58. The Morgan fingerprint density at radius 1 is 0.750 bits per heavy atom. The molecular weight excluding hydrogens is 692 g/mol. The summed E-state index contributed by atoms with van der Waals surface area (Å²) in [6, 6.07) is 11.9. The summed E-state index contributed by atoms with van der Waals surface area (Å²) >= 11 is 0. The highest BCUT2D eigenvalue weighted by atomic mass is 16.8. The number of aliphatic hydroxyl groups is 5. The quantitative estimate of drug-likeness (QED) is 0.0760. The fourth-order valence-corrected chi connectivity index (χ4v) is 5.79. The first-order chi connectivity index (χ1) is 24.8. The largest absolute Gasteiger partial charge is 0.508 e. The topological polar surface area (TPSA) is 275 Å². The van der Waals surface area contributed by atoms with E-state index in [0.717, 1.165) is 18.2 Å². The van der Waals surface area contributed by atoms with Crippen LogP contribution < -0.4 is 4.74 Å². The predicted molar refractivity (Wildman–Crippen MR) is 173 cm³/mol. The van der Waals surface area contributed by atoms with Crippen molar-refractivity contribution in [2.24, 2.45) is 0 Å². The summed E-state index contributed by atoms with van der Waals surface area (Å²) in [6.45, 7) is -1.31. The second-order valence-electron chi connectivity index (χ2n) is 12.2. The molecule has 17 nitrogen and oxygen atoms in total. The molecule has 3 heterocycles. The van der Waals surface area contributed by atoms with Gasteiger partial charge in [-0.2, -0.15) is 0 Å². The number of esters is 1. The second-order valence-corrected chi connectivity index (χ2v) is 12.2. The standard InChI is InChI=1S/C35H36O17/c36-13-25-28(43)31(46)34(50-25)52-33-30(45)29(44)26(14-47-27(42)8-3-15-1-5-17(37)6-2-15)51-35(33)49-24-12-19-21(40)10-18(38)11-23(19)48-32(24)16-4-7-20(39)22(41)9-16/h1-12,25-26,28-41,43-46H,13-14H2/b8-3+/t25-,26-,28+,29-,30+,31-,32?,33-,34+,35-/m1/s1. The molecule has 52 heavy (non-hydrogen) atoms. The number of benzene rings is 3. The van der Waals surface area contributed by atoms with Crippen molar-refractivity contribution in [3.63, 3.8) is 0 Å². The van der Waals surface area contributed by atoms with E-state index in [9.17, 15) is 55.9 Å². The number of aromatic hydroxyl groups is 5. The van der Waals surface area contributed by atoms with Gasteiger partial charge < -0.3 is 79.5 Å². The van der Waals surface area contributed by atoms with Crippen LogP contribution in [-0.2, 0) is 28.5 Å². The molecule has 0 aliphatic carbocycles. The minimum absolute atomic E-state index is 0.00751. The van der Waals surface area contributed by atoms with E-state index in [-0.39, 0.29) is 34.1 Å². The first-order valence-corrected chi connectivity index (χ1v) is 15.9. The summed E-state index contributed by atoms with van der Waals surface area (Å²) in [5.74, 6) is -2.72. The molecule has 10 atom stereocenters. The molecule has 0 aromatic heterocycles. The van der Waals surface area contributed by atoms with Crippen LogP contribution in [0.4, 0.5) is 0 Å². The van der Waals surface area contributed by atoms with Gasteiger partial charge in [0.05, 0.1) is 12.2 Å². The summed E-state index contributed by atoms with van der Waals surface area (Å²) < 4.78 is 34.7.